The van der Waals surface area contributed by atoms with Crippen molar-refractivity contribution < 1.29 is 18.7 Å². The Bertz CT molecular complexity index is 915. The number of aromatic nitrogens is 1. The van der Waals surface area contributed by atoms with Gasteiger partial charge in [-0.2, -0.15) is 0 Å². The normalized spacial score (nSPS) is 10.5. The maximum Gasteiger partial charge on any atom is 0.355 e. The van der Waals surface area contributed by atoms with Crippen molar-refractivity contribution in [2.75, 3.05) is 6.61 Å². The van der Waals surface area contributed by atoms with E-state index in [1.165, 1.54) is 12.3 Å². The summed E-state index contributed by atoms with van der Waals surface area (Å²) in [5, 5.41) is 3.65. The van der Waals surface area contributed by atoms with Crippen LogP contribution in [0.5, 0.6) is 0 Å². The number of carbonyl (C=O) groups is 2. The van der Waals surface area contributed by atoms with Crippen LogP contribution in [0.1, 0.15) is 16.2 Å². The molecular formula is C18H14Cl2N2O4. The lowest BCUT2D eigenvalue weighted by molar-refractivity contribution is -0.124. The Labute approximate surface area is 159 Å². The van der Waals surface area contributed by atoms with Gasteiger partial charge in [0.15, 0.2) is 6.61 Å². The van der Waals surface area contributed by atoms with Crippen LogP contribution >= 0.6 is 23.2 Å². The third-order valence-electron chi connectivity index (χ3n) is 3.45. The Morgan fingerprint density at radius 2 is 1.85 bits per heavy atom. The molecule has 1 amide bonds. The molecule has 134 valence electrons. The smallest absolute Gasteiger partial charge is 0.355 e. The fourth-order valence-electron chi connectivity index (χ4n) is 2.17. The molecule has 1 aromatic carbocycles. The van der Waals surface area contributed by atoms with Crippen molar-refractivity contribution in [3.05, 3.63) is 70.2 Å². The molecule has 0 spiro atoms. The monoisotopic (exact) mass is 392 g/mol. The minimum absolute atomic E-state index is 0.179. The predicted molar refractivity (Wildman–Crippen MR) is 97.1 cm³/mol. The van der Waals surface area contributed by atoms with Gasteiger partial charge < -0.3 is 19.5 Å². The highest BCUT2D eigenvalue weighted by molar-refractivity contribution is 6.31. The number of nitrogens with one attached hydrogen (secondary N) is 2. The summed E-state index contributed by atoms with van der Waals surface area (Å²) in [6.45, 7) is -0.224. The topological polar surface area (TPSA) is 84.3 Å². The van der Waals surface area contributed by atoms with Gasteiger partial charge in [-0.05, 0) is 42.5 Å². The number of halogens is 2. The van der Waals surface area contributed by atoms with Crippen LogP contribution in [0.3, 0.4) is 0 Å². The van der Waals surface area contributed by atoms with Gasteiger partial charge in [0.1, 0.15) is 17.2 Å². The van der Waals surface area contributed by atoms with Gasteiger partial charge in [-0.15, -0.1) is 0 Å². The lowest BCUT2D eigenvalue weighted by Gasteiger charge is -2.04. The first kappa shape index (κ1) is 18.1. The predicted octanol–water partition coefficient (Wildman–Crippen LogP) is 4.05. The third-order valence-corrected chi connectivity index (χ3v) is 3.92. The molecule has 0 atom stereocenters. The lowest BCUT2D eigenvalue weighted by atomic mass is 10.2. The Kier molecular flexibility index (Phi) is 5.65. The molecule has 0 fully saturated rings. The average molecular weight is 393 g/mol. The van der Waals surface area contributed by atoms with E-state index < -0.39 is 18.5 Å². The van der Waals surface area contributed by atoms with Gasteiger partial charge in [-0.25, -0.2) is 4.79 Å². The van der Waals surface area contributed by atoms with E-state index in [2.05, 4.69) is 10.3 Å². The van der Waals surface area contributed by atoms with Gasteiger partial charge in [0.2, 0.25) is 0 Å². The molecule has 2 heterocycles. The summed E-state index contributed by atoms with van der Waals surface area (Å²) >= 11 is 11.6. The fraction of sp³-hybridized carbons (Fsp3) is 0.111. The minimum atomic E-state index is -0.657. The average Bonchev–Trinajstić information content (AvgIpc) is 3.27. The van der Waals surface area contributed by atoms with Crippen LogP contribution in [0, 0.1) is 0 Å². The van der Waals surface area contributed by atoms with Crippen LogP contribution in [0.25, 0.3) is 11.3 Å². The Hall–Kier alpha value is -2.70. The molecule has 0 aliphatic carbocycles. The van der Waals surface area contributed by atoms with E-state index in [0.717, 1.165) is 5.56 Å². The van der Waals surface area contributed by atoms with E-state index in [-0.39, 0.29) is 12.2 Å². The molecule has 0 radical (unpaired) electrons. The number of aromatic amines is 1. The summed E-state index contributed by atoms with van der Waals surface area (Å²) in [7, 11) is 0. The number of hydrogen-bond acceptors (Lipinski definition) is 4. The van der Waals surface area contributed by atoms with Crippen LogP contribution in [-0.4, -0.2) is 23.5 Å². The van der Waals surface area contributed by atoms with Gasteiger partial charge in [0.05, 0.1) is 11.6 Å². The van der Waals surface area contributed by atoms with Crippen molar-refractivity contribution in [2.45, 2.75) is 6.54 Å². The first-order valence-electron chi connectivity index (χ1n) is 7.63. The van der Waals surface area contributed by atoms with Gasteiger partial charge in [0, 0.05) is 16.8 Å². The van der Waals surface area contributed by atoms with E-state index >= 15 is 0 Å². The second kappa shape index (κ2) is 8.12. The number of H-pyrrole nitrogens is 1. The quantitative estimate of drug-likeness (QED) is 0.619. The number of ether oxygens (including phenoxy) is 1. The minimum Gasteiger partial charge on any atom is -0.459 e. The highest BCUT2D eigenvalue weighted by atomic mass is 35.5. The second-order valence-corrected chi connectivity index (χ2v) is 6.23. The van der Waals surface area contributed by atoms with Gasteiger partial charge in [-0.1, -0.05) is 23.2 Å². The molecule has 2 N–H and O–H groups in total. The van der Waals surface area contributed by atoms with Crippen LogP contribution in [0.4, 0.5) is 0 Å². The molecule has 0 saturated carbocycles. The first-order valence-corrected chi connectivity index (χ1v) is 8.39. The van der Waals surface area contributed by atoms with E-state index in [0.29, 0.717) is 21.6 Å². The highest BCUT2D eigenvalue weighted by Gasteiger charge is 2.12. The third kappa shape index (κ3) is 4.68. The van der Waals surface area contributed by atoms with Crippen LogP contribution in [-0.2, 0) is 16.1 Å². The standard InChI is InChI=1S/C18H14Cl2N2O4/c19-12-3-1-11(2-4-12)16-6-5-14(26-16)9-22-17(23)10-25-18(24)15-7-13(20)8-21-15/h1-8,21H,9-10H2,(H,22,23). The van der Waals surface area contributed by atoms with Crippen LogP contribution < -0.4 is 5.32 Å². The number of furan rings is 1. The second-order valence-electron chi connectivity index (χ2n) is 5.36. The lowest BCUT2D eigenvalue weighted by Crippen LogP contribution is -2.28. The Morgan fingerprint density at radius 1 is 1.08 bits per heavy atom. The zero-order chi connectivity index (χ0) is 18.5. The molecule has 2 aromatic heterocycles. The van der Waals surface area contributed by atoms with Crippen LogP contribution in [0.2, 0.25) is 10.0 Å². The fourth-order valence-corrected chi connectivity index (χ4v) is 2.46. The molecule has 6 nitrogen and oxygen atoms in total. The number of benzene rings is 1. The van der Waals surface area contributed by atoms with Gasteiger partial charge in [0.25, 0.3) is 5.91 Å². The summed E-state index contributed by atoms with van der Waals surface area (Å²) in [6, 6.07) is 12.2. The first-order chi connectivity index (χ1) is 12.5. The molecule has 3 rings (SSSR count). The molecule has 0 aliphatic rings. The number of rotatable bonds is 6. The van der Waals surface area contributed by atoms with E-state index in [1.54, 1.807) is 24.3 Å². The summed E-state index contributed by atoms with van der Waals surface area (Å²) in [6.07, 6.45) is 1.45. The van der Waals surface area contributed by atoms with Crippen molar-refractivity contribution >= 4 is 35.1 Å². The summed E-state index contributed by atoms with van der Waals surface area (Å²) in [5.74, 6) is 0.141. The Morgan fingerprint density at radius 3 is 2.54 bits per heavy atom. The number of amides is 1. The molecule has 0 saturated heterocycles. The van der Waals surface area contributed by atoms with Gasteiger partial charge in [-0.3, -0.25) is 4.79 Å². The van der Waals surface area contributed by atoms with E-state index in [1.807, 2.05) is 12.1 Å². The number of hydrogen-bond donors (Lipinski definition) is 2. The van der Waals surface area contributed by atoms with Gasteiger partial charge >= 0.3 is 5.97 Å². The molecule has 0 unspecified atom stereocenters. The molecule has 0 aliphatic heterocycles. The zero-order valence-corrected chi connectivity index (χ0v) is 14.9. The molecule has 8 heteroatoms. The van der Waals surface area contributed by atoms with Crippen molar-refractivity contribution in [1.82, 2.24) is 10.3 Å². The summed E-state index contributed by atoms with van der Waals surface area (Å²) < 4.78 is 10.6. The number of esters is 1. The maximum absolute atomic E-state index is 11.8. The molecule has 0 bridgehead atoms. The summed E-state index contributed by atoms with van der Waals surface area (Å²) in [5.41, 5.74) is 1.06. The van der Waals surface area contributed by atoms with Crippen molar-refractivity contribution in [2.24, 2.45) is 0 Å². The highest BCUT2D eigenvalue weighted by Crippen LogP contribution is 2.23. The molecular weight excluding hydrogens is 379 g/mol. The SMILES string of the molecule is O=C(COC(=O)c1cc(Cl)c[nH]1)NCc1ccc(-c2ccc(Cl)cc2)o1. The largest absolute Gasteiger partial charge is 0.459 e. The maximum atomic E-state index is 11.8. The van der Waals surface area contributed by atoms with E-state index in [9.17, 15) is 9.59 Å². The molecule has 3 aromatic rings. The van der Waals surface area contributed by atoms with Crippen molar-refractivity contribution in [3.8, 4) is 11.3 Å². The summed E-state index contributed by atoms with van der Waals surface area (Å²) in [4.78, 5) is 26.1. The Balaban J connectivity index is 1.47. The van der Waals surface area contributed by atoms with E-state index in [4.69, 9.17) is 32.4 Å². The zero-order valence-electron chi connectivity index (χ0n) is 13.4. The number of carbonyl (C=O) groups excluding carboxylic acids is 2. The van der Waals surface area contributed by atoms with Crippen molar-refractivity contribution in [1.29, 1.82) is 0 Å². The van der Waals surface area contributed by atoms with Crippen LogP contribution in [0.15, 0.2) is 53.1 Å². The molecule has 26 heavy (non-hydrogen) atoms. The van der Waals surface area contributed by atoms with Crippen molar-refractivity contribution in [3.63, 3.8) is 0 Å².